The summed E-state index contributed by atoms with van der Waals surface area (Å²) in [7, 11) is 0. The van der Waals surface area contributed by atoms with E-state index in [1.165, 1.54) is 36.8 Å². The molecule has 0 heterocycles. The minimum Gasteiger partial charge on any atom is -0.0995 e. The molecule has 0 heteroatoms. The van der Waals surface area contributed by atoms with E-state index in [9.17, 15) is 0 Å². The highest BCUT2D eigenvalue weighted by Gasteiger charge is 2.32. The first-order valence-corrected chi connectivity index (χ1v) is 4.12. The minimum absolute atomic E-state index is 0.897. The number of hydrogen-bond acceptors (Lipinski definition) is 0. The molecule has 54 valence electrons. The highest BCUT2D eigenvalue weighted by Crippen LogP contribution is 2.46. The first kappa shape index (κ1) is 6.21. The molecule has 0 radical (unpaired) electrons. The van der Waals surface area contributed by atoms with Crippen molar-refractivity contribution in [2.45, 2.75) is 25.7 Å². The molecular formula is C10H14. The second kappa shape index (κ2) is 1.98. The van der Waals surface area contributed by atoms with Crippen molar-refractivity contribution in [3.05, 3.63) is 24.3 Å². The fraction of sp³-hybridized carbons (Fsp3) is 0.600. The van der Waals surface area contributed by atoms with Gasteiger partial charge >= 0.3 is 0 Å². The molecule has 2 fully saturated rings. The van der Waals surface area contributed by atoms with Crippen molar-refractivity contribution in [2.75, 3.05) is 0 Å². The normalized spacial score (nSPS) is 36.4. The number of hydrogen-bond donors (Lipinski definition) is 0. The Balaban J connectivity index is 1.65. The molecule has 0 bridgehead atoms. The van der Waals surface area contributed by atoms with Gasteiger partial charge in [0.25, 0.3) is 0 Å². The smallest absolute Gasteiger partial charge is 0.0168 e. The fourth-order valence-electron chi connectivity index (χ4n) is 1.53. The predicted molar refractivity (Wildman–Crippen MR) is 43.7 cm³/mol. The maximum atomic E-state index is 3.94. The van der Waals surface area contributed by atoms with Gasteiger partial charge in [0.05, 0.1) is 0 Å². The van der Waals surface area contributed by atoms with Gasteiger partial charge in [0.1, 0.15) is 0 Å². The van der Waals surface area contributed by atoms with Crippen molar-refractivity contribution in [1.82, 2.24) is 0 Å². The van der Waals surface area contributed by atoms with Crippen LogP contribution >= 0.6 is 0 Å². The summed E-state index contributed by atoms with van der Waals surface area (Å²) in [5.41, 5.74) is 2.96. The van der Waals surface area contributed by atoms with Gasteiger partial charge in [0.15, 0.2) is 0 Å². The predicted octanol–water partition coefficient (Wildman–Crippen LogP) is 2.92. The van der Waals surface area contributed by atoms with Crippen LogP contribution in [-0.4, -0.2) is 0 Å². The SMILES string of the molecule is C=C1CC1CCC1CC1=C. The first-order valence-electron chi connectivity index (χ1n) is 4.12. The highest BCUT2D eigenvalue weighted by molar-refractivity contribution is 5.21. The Morgan fingerprint density at radius 1 is 1.00 bits per heavy atom. The lowest BCUT2D eigenvalue weighted by atomic mass is 10.1. The molecule has 2 aliphatic rings. The third-order valence-corrected chi connectivity index (χ3v) is 2.72. The van der Waals surface area contributed by atoms with Gasteiger partial charge in [-0.1, -0.05) is 24.3 Å². The highest BCUT2D eigenvalue weighted by atomic mass is 14.4. The monoisotopic (exact) mass is 134 g/mol. The van der Waals surface area contributed by atoms with Crippen LogP contribution in [0.3, 0.4) is 0 Å². The van der Waals surface area contributed by atoms with Crippen molar-refractivity contribution < 1.29 is 0 Å². The Bertz CT molecular complexity index is 166. The van der Waals surface area contributed by atoms with Crippen LogP contribution in [0.1, 0.15) is 25.7 Å². The van der Waals surface area contributed by atoms with E-state index in [4.69, 9.17) is 0 Å². The lowest BCUT2D eigenvalue weighted by Gasteiger charge is -1.91. The number of allylic oxidation sites excluding steroid dienone is 2. The van der Waals surface area contributed by atoms with E-state index in [-0.39, 0.29) is 0 Å². The van der Waals surface area contributed by atoms with Gasteiger partial charge in [-0.2, -0.15) is 0 Å². The van der Waals surface area contributed by atoms with E-state index in [0.717, 1.165) is 11.8 Å². The van der Waals surface area contributed by atoms with E-state index in [1.807, 2.05) is 0 Å². The van der Waals surface area contributed by atoms with E-state index in [0.29, 0.717) is 0 Å². The van der Waals surface area contributed by atoms with Crippen LogP contribution in [0.4, 0.5) is 0 Å². The van der Waals surface area contributed by atoms with Gasteiger partial charge in [0, 0.05) is 0 Å². The molecule has 0 aromatic rings. The molecule has 0 aromatic heterocycles. The van der Waals surface area contributed by atoms with E-state index < -0.39 is 0 Å². The van der Waals surface area contributed by atoms with Gasteiger partial charge in [-0.25, -0.2) is 0 Å². The summed E-state index contributed by atoms with van der Waals surface area (Å²) in [5, 5.41) is 0. The van der Waals surface area contributed by atoms with Crippen LogP contribution in [0.5, 0.6) is 0 Å². The van der Waals surface area contributed by atoms with Gasteiger partial charge < -0.3 is 0 Å². The standard InChI is InChI=1S/C10H14/c1-7-5-9(7)3-4-10-6-8(10)2/h9-10H,1-6H2. The summed E-state index contributed by atoms with van der Waals surface area (Å²) in [6.45, 7) is 7.89. The van der Waals surface area contributed by atoms with Crippen LogP contribution in [0.25, 0.3) is 0 Å². The van der Waals surface area contributed by atoms with E-state index in [1.54, 1.807) is 0 Å². The lowest BCUT2D eigenvalue weighted by Crippen LogP contribution is -1.79. The molecule has 2 aliphatic carbocycles. The van der Waals surface area contributed by atoms with Crippen LogP contribution in [-0.2, 0) is 0 Å². The first-order chi connectivity index (χ1) is 4.77. The van der Waals surface area contributed by atoms with Crippen LogP contribution < -0.4 is 0 Å². The van der Waals surface area contributed by atoms with E-state index >= 15 is 0 Å². The molecule has 2 atom stereocenters. The second-order valence-electron chi connectivity index (χ2n) is 3.70. The fourth-order valence-corrected chi connectivity index (χ4v) is 1.53. The average Bonchev–Trinajstić information content (AvgIpc) is 2.71. The Kier molecular flexibility index (Phi) is 1.23. The van der Waals surface area contributed by atoms with Crippen molar-refractivity contribution in [3.63, 3.8) is 0 Å². The molecule has 2 unspecified atom stereocenters. The van der Waals surface area contributed by atoms with Crippen LogP contribution in [0.15, 0.2) is 24.3 Å². The molecule has 10 heavy (non-hydrogen) atoms. The zero-order chi connectivity index (χ0) is 7.14. The summed E-state index contributed by atoms with van der Waals surface area (Å²) in [6.07, 6.45) is 5.36. The lowest BCUT2D eigenvalue weighted by molar-refractivity contribution is 0.640. The van der Waals surface area contributed by atoms with Crippen molar-refractivity contribution in [2.24, 2.45) is 11.8 Å². The summed E-state index contributed by atoms with van der Waals surface area (Å²) in [6, 6.07) is 0. The molecule has 0 aliphatic heterocycles. The van der Waals surface area contributed by atoms with E-state index in [2.05, 4.69) is 13.2 Å². The topological polar surface area (TPSA) is 0 Å². The zero-order valence-corrected chi connectivity index (χ0v) is 6.40. The minimum atomic E-state index is 0.897. The Labute approximate surface area is 62.6 Å². The maximum Gasteiger partial charge on any atom is -0.0168 e. The Morgan fingerprint density at radius 2 is 1.30 bits per heavy atom. The quantitative estimate of drug-likeness (QED) is 0.520. The van der Waals surface area contributed by atoms with Crippen LogP contribution in [0, 0.1) is 11.8 Å². The van der Waals surface area contributed by atoms with Crippen molar-refractivity contribution in [3.8, 4) is 0 Å². The van der Waals surface area contributed by atoms with Gasteiger partial charge in [-0.3, -0.25) is 0 Å². The second-order valence-corrected chi connectivity index (χ2v) is 3.70. The van der Waals surface area contributed by atoms with Gasteiger partial charge in [0.2, 0.25) is 0 Å². The Hall–Kier alpha value is -0.520. The summed E-state index contributed by atoms with van der Waals surface area (Å²) in [4.78, 5) is 0. The molecule has 0 nitrogen and oxygen atoms in total. The molecule has 2 rings (SSSR count). The maximum absolute atomic E-state index is 3.94. The number of rotatable bonds is 3. The molecule has 2 saturated carbocycles. The van der Waals surface area contributed by atoms with Gasteiger partial charge in [-0.15, -0.1) is 0 Å². The third kappa shape index (κ3) is 1.16. The molecule has 0 N–H and O–H groups in total. The average molecular weight is 134 g/mol. The largest absolute Gasteiger partial charge is 0.0995 e. The zero-order valence-electron chi connectivity index (χ0n) is 6.40. The summed E-state index contributed by atoms with van der Waals surface area (Å²) >= 11 is 0. The van der Waals surface area contributed by atoms with Crippen molar-refractivity contribution >= 4 is 0 Å². The van der Waals surface area contributed by atoms with Crippen molar-refractivity contribution in [1.29, 1.82) is 0 Å². The summed E-state index contributed by atoms with van der Waals surface area (Å²) < 4.78 is 0. The molecular weight excluding hydrogens is 120 g/mol. The molecule has 0 saturated heterocycles. The van der Waals surface area contributed by atoms with Gasteiger partial charge in [-0.05, 0) is 37.5 Å². The molecule has 0 aromatic carbocycles. The summed E-state index contributed by atoms with van der Waals surface area (Å²) in [5.74, 6) is 1.79. The Morgan fingerprint density at radius 3 is 1.50 bits per heavy atom. The molecule has 0 amide bonds. The van der Waals surface area contributed by atoms with Crippen LogP contribution in [0.2, 0.25) is 0 Å². The molecule has 0 spiro atoms. The third-order valence-electron chi connectivity index (χ3n) is 2.72.